The Morgan fingerprint density at radius 2 is 1.35 bits per heavy atom. The molecule has 2 atom stereocenters. The predicted molar refractivity (Wildman–Crippen MR) is 196 cm³/mol. The first kappa shape index (κ1) is 33.9. The first-order chi connectivity index (χ1) is 22.3. The number of rotatable bonds is 8. The van der Waals surface area contributed by atoms with Crippen LogP contribution in [-0.4, -0.2) is 17.9 Å². The van der Waals surface area contributed by atoms with Crippen molar-refractivity contribution in [2.45, 2.75) is 77.2 Å². The largest absolute Gasteiger partial charge is 0.353 e. The number of carbonyl (C=O) groups is 2. The fourth-order valence-corrected chi connectivity index (χ4v) is 7.23. The molecule has 6 rings (SSSR count). The van der Waals surface area contributed by atoms with Crippen molar-refractivity contribution in [1.29, 1.82) is 0 Å². The van der Waals surface area contributed by atoms with E-state index in [9.17, 15) is 9.59 Å². The molecule has 0 fully saturated rings. The summed E-state index contributed by atoms with van der Waals surface area (Å²) in [7, 11) is 0. The summed E-state index contributed by atoms with van der Waals surface area (Å²) >= 11 is 7.18. The van der Waals surface area contributed by atoms with Gasteiger partial charge in [0.1, 0.15) is 0 Å². The zero-order valence-electron chi connectivity index (χ0n) is 26.6. The highest BCUT2D eigenvalue weighted by Crippen LogP contribution is 2.37. The summed E-state index contributed by atoms with van der Waals surface area (Å²) in [6, 6.07) is 34.2. The second-order valence-corrected chi connectivity index (χ2v) is 13.9. The van der Waals surface area contributed by atoms with Crippen LogP contribution in [0.15, 0.2) is 112 Å². The maximum Gasteiger partial charge on any atom is 0.223 e. The van der Waals surface area contributed by atoms with Crippen molar-refractivity contribution in [3.63, 3.8) is 0 Å². The Kier molecular flexibility index (Phi) is 12.1. The molecule has 4 aromatic rings. The lowest BCUT2D eigenvalue weighted by atomic mass is 9.76. The highest BCUT2D eigenvalue weighted by atomic mass is 79.9. The van der Waals surface area contributed by atoms with E-state index in [-0.39, 0.29) is 17.9 Å². The van der Waals surface area contributed by atoms with Crippen LogP contribution >= 0.6 is 31.9 Å². The Hall–Kier alpha value is -3.48. The first-order valence-electron chi connectivity index (χ1n) is 16.3. The molecule has 0 spiro atoms. The summed E-state index contributed by atoms with van der Waals surface area (Å²) in [6.45, 7) is 3.80. The Morgan fingerprint density at radius 1 is 0.717 bits per heavy atom. The molecular formula is C40H42Br2N2O2. The van der Waals surface area contributed by atoms with Gasteiger partial charge in [0, 0.05) is 39.4 Å². The predicted octanol–water partition coefficient (Wildman–Crippen LogP) is 9.49. The van der Waals surface area contributed by atoms with Gasteiger partial charge >= 0.3 is 0 Å². The van der Waals surface area contributed by atoms with E-state index in [0.717, 1.165) is 53.2 Å². The number of carbonyl (C=O) groups excluding carboxylic acids is 2. The molecule has 0 saturated carbocycles. The van der Waals surface area contributed by atoms with Gasteiger partial charge in [-0.3, -0.25) is 9.59 Å². The summed E-state index contributed by atoms with van der Waals surface area (Å²) in [5.41, 5.74) is 10.3. The average molecular weight is 743 g/mol. The monoisotopic (exact) mass is 740 g/mol. The number of fused-ring (bicyclic) bond motifs is 2. The van der Waals surface area contributed by atoms with Crippen molar-refractivity contribution in [2.75, 3.05) is 0 Å². The third kappa shape index (κ3) is 8.86. The van der Waals surface area contributed by atoms with Gasteiger partial charge in [0.2, 0.25) is 11.8 Å². The topological polar surface area (TPSA) is 58.2 Å². The highest BCUT2D eigenvalue weighted by Gasteiger charge is 2.30. The Bertz CT molecular complexity index is 1680. The van der Waals surface area contributed by atoms with Crippen LogP contribution in [-0.2, 0) is 35.3 Å². The lowest BCUT2D eigenvalue weighted by Gasteiger charge is -2.34. The van der Waals surface area contributed by atoms with E-state index in [0.29, 0.717) is 18.8 Å². The van der Waals surface area contributed by atoms with Crippen LogP contribution in [0.1, 0.15) is 78.8 Å². The number of aryl methyl sites for hydroxylation is 2. The standard InChI is InChI=1S/C20H22BrNO.C20H20BrNO/c2*1-2-20(23)22-19-11-9-15-8-10-16(21)13-17(15)18(19)12-14-6-4-3-5-7-14/h3-8,10,13,18-19H,2,9,11-12H2,1H3,(H,22,23);3-8,10,13H,2,9,11-12H2,1H3,(H,22,23)/t18-,19+;/m1./s1. The van der Waals surface area contributed by atoms with E-state index in [2.05, 4.69) is 127 Å². The average Bonchev–Trinajstić information content (AvgIpc) is 3.08. The molecule has 0 bridgehead atoms. The van der Waals surface area contributed by atoms with Crippen molar-refractivity contribution in [3.05, 3.63) is 145 Å². The minimum atomic E-state index is 0.0870. The number of benzene rings is 4. The Morgan fingerprint density at radius 3 is 2.02 bits per heavy atom. The van der Waals surface area contributed by atoms with Crippen molar-refractivity contribution in [1.82, 2.24) is 10.6 Å². The first-order valence-corrected chi connectivity index (χ1v) is 17.9. The summed E-state index contributed by atoms with van der Waals surface area (Å²) in [5.74, 6) is 0.560. The zero-order valence-corrected chi connectivity index (χ0v) is 29.8. The van der Waals surface area contributed by atoms with Crippen LogP contribution in [0, 0.1) is 0 Å². The van der Waals surface area contributed by atoms with Crippen LogP contribution in [0.4, 0.5) is 0 Å². The van der Waals surface area contributed by atoms with E-state index >= 15 is 0 Å². The third-order valence-electron chi connectivity index (χ3n) is 8.92. The third-order valence-corrected chi connectivity index (χ3v) is 9.91. The maximum atomic E-state index is 11.9. The number of hydrogen-bond donors (Lipinski definition) is 2. The van der Waals surface area contributed by atoms with Crippen molar-refractivity contribution in [3.8, 4) is 0 Å². The number of halogens is 2. The molecule has 0 unspecified atom stereocenters. The van der Waals surface area contributed by atoms with Crippen LogP contribution in [0.3, 0.4) is 0 Å². The van der Waals surface area contributed by atoms with Crippen LogP contribution in [0.25, 0.3) is 5.57 Å². The molecule has 2 N–H and O–H groups in total. The van der Waals surface area contributed by atoms with Gasteiger partial charge in [-0.15, -0.1) is 0 Å². The molecule has 6 heteroatoms. The minimum absolute atomic E-state index is 0.0870. The lowest BCUT2D eigenvalue weighted by Crippen LogP contribution is -2.42. The Balaban J connectivity index is 0.000000181. The smallest absolute Gasteiger partial charge is 0.223 e. The molecule has 0 saturated heterocycles. The van der Waals surface area contributed by atoms with Crippen molar-refractivity contribution in [2.24, 2.45) is 0 Å². The molecule has 2 aliphatic rings. The molecule has 46 heavy (non-hydrogen) atoms. The number of allylic oxidation sites excluding steroid dienone is 2. The van der Waals surface area contributed by atoms with Gasteiger partial charge in [-0.05, 0) is 102 Å². The van der Waals surface area contributed by atoms with Crippen LogP contribution < -0.4 is 10.6 Å². The maximum absolute atomic E-state index is 11.9. The molecule has 4 aromatic carbocycles. The van der Waals surface area contributed by atoms with Crippen molar-refractivity contribution < 1.29 is 9.59 Å². The Labute approximate surface area is 290 Å². The molecule has 2 amide bonds. The van der Waals surface area contributed by atoms with E-state index in [1.165, 1.54) is 39.0 Å². The second kappa shape index (κ2) is 16.4. The van der Waals surface area contributed by atoms with Gasteiger partial charge in [-0.25, -0.2) is 0 Å². The summed E-state index contributed by atoms with van der Waals surface area (Å²) < 4.78 is 2.18. The lowest BCUT2D eigenvalue weighted by molar-refractivity contribution is -0.122. The second-order valence-electron chi connectivity index (χ2n) is 12.0. The van der Waals surface area contributed by atoms with Gasteiger partial charge in [0.25, 0.3) is 0 Å². The minimum Gasteiger partial charge on any atom is -0.353 e. The van der Waals surface area contributed by atoms with Crippen LogP contribution in [0.2, 0.25) is 0 Å². The van der Waals surface area contributed by atoms with Crippen LogP contribution in [0.5, 0.6) is 0 Å². The SMILES string of the molecule is CCC(=O)NC1=C(Cc2ccccc2)c2cc(Br)ccc2CC1.CCC(=O)N[C@H]1CCc2ccc(Br)cc2[C@H]1Cc1ccccc1. The number of amides is 2. The number of nitrogens with one attached hydrogen (secondary N) is 2. The normalized spacial score (nSPS) is 16.8. The van der Waals surface area contributed by atoms with Gasteiger partial charge in [0.15, 0.2) is 0 Å². The fraction of sp³-hybridized carbons (Fsp3) is 0.300. The van der Waals surface area contributed by atoms with Gasteiger partial charge in [0.05, 0.1) is 0 Å². The van der Waals surface area contributed by atoms with Gasteiger partial charge in [-0.2, -0.15) is 0 Å². The molecule has 0 aromatic heterocycles. The van der Waals surface area contributed by atoms with Crippen molar-refractivity contribution >= 4 is 49.2 Å². The molecular weight excluding hydrogens is 700 g/mol. The molecule has 2 aliphatic carbocycles. The zero-order chi connectivity index (χ0) is 32.5. The van der Waals surface area contributed by atoms with E-state index in [1.54, 1.807) is 0 Å². The summed E-state index contributed by atoms with van der Waals surface area (Å²) in [5, 5.41) is 6.37. The van der Waals surface area contributed by atoms with Gasteiger partial charge < -0.3 is 10.6 Å². The molecule has 238 valence electrons. The molecule has 0 heterocycles. The molecule has 0 radical (unpaired) electrons. The quantitative estimate of drug-likeness (QED) is 0.189. The molecule has 0 aliphatic heterocycles. The van der Waals surface area contributed by atoms with E-state index < -0.39 is 0 Å². The van der Waals surface area contributed by atoms with E-state index in [4.69, 9.17) is 0 Å². The van der Waals surface area contributed by atoms with Gasteiger partial charge in [-0.1, -0.05) is 119 Å². The fourth-order valence-electron chi connectivity index (χ4n) is 6.49. The number of hydrogen-bond acceptors (Lipinski definition) is 2. The van der Waals surface area contributed by atoms with E-state index in [1.807, 2.05) is 26.0 Å². The molecule has 4 nitrogen and oxygen atoms in total. The summed E-state index contributed by atoms with van der Waals surface area (Å²) in [4.78, 5) is 23.8. The highest BCUT2D eigenvalue weighted by molar-refractivity contribution is 9.10. The summed E-state index contributed by atoms with van der Waals surface area (Å²) in [6.07, 6.45) is 6.75.